The van der Waals surface area contributed by atoms with E-state index in [0.29, 0.717) is 35.2 Å². The van der Waals surface area contributed by atoms with Gasteiger partial charge in [-0.2, -0.15) is 5.10 Å². The number of nitrogens with one attached hydrogen (secondary N) is 2. The lowest BCUT2D eigenvalue weighted by atomic mass is 10.3. The third-order valence-electron chi connectivity index (χ3n) is 3.82. The number of carbonyl (C=O) groups excluding carboxylic acids is 1. The first-order valence-corrected chi connectivity index (χ1v) is 8.07. The Morgan fingerprint density at radius 2 is 2.12 bits per heavy atom. The fraction of sp³-hybridized carbons (Fsp3) is 0.222. The monoisotopic (exact) mass is 355 g/mol. The number of aromatic amines is 1. The Morgan fingerprint density at radius 3 is 2.96 bits per heavy atom. The number of hydrogen-bond donors (Lipinski definition) is 2. The Balaban J connectivity index is 1.31. The molecule has 0 radical (unpaired) electrons. The molecule has 3 heterocycles. The average Bonchev–Trinajstić information content (AvgIpc) is 3.38. The summed E-state index contributed by atoms with van der Waals surface area (Å²) in [7, 11) is 0. The van der Waals surface area contributed by atoms with Gasteiger partial charge in [-0.1, -0.05) is 0 Å². The normalized spacial score (nSPS) is 12.2. The molecule has 134 valence electrons. The lowest BCUT2D eigenvalue weighted by Gasteiger charge is -2.05. The van der Waals surface area contributed by atoms with Gasteiger partial charge in [0.05, 0.1) is 12.2 Å². The summed E-state index contributed by atoms with van der Waals surface area (Å²) in [5.74, 6) is 3.20. The van der Waals surface area contributed by atoms with Crippen molar-refractivity contribution in [2.75, 3.05) is 6.79 Å². The molecule has 1 aromatic carbocycles. The number of fused-ring (bicyclic) bond motifs is 1. The van der Waals surface area contributed by atoms with Crippen LogP contribution in [0.25, 0.3) is 0 Å². The van der Waals surface area contributed by atoms with Crippen LogP contribution >= 0.6 is 0 Å². The standard InChI is InChI=1S/C18H17N3O5/c1-11-2-3-14(26-11)8-19-18(22)15-6-12(20-21-15)9-23-13-4-5-16-17(7-13)25-10-24-16/h2-7H,8-10H2,1H3,(H,19,22)(H,20,21). The van der Waals surface area contributed by atoms with E-state index in [9.17, 15) is 4.79 Å². The fourth-order valence-electron chi connectivity index (χ4n) is 2.52. The van der Waals surface area contributed by atoms with Crippen molar-refractivity contribution in [1.29, 1.82) is 0 Å². The minimum Gasteiger partial charge on any atom is -0.487 e. The van der Waals surface area contributed by atoms with Gasteiger partial charge in [-0.15, -0.1) is 0 Å². The van der Waals surface area contributed by atoms with Gasteiger partial charge >= 0.3 is 0 Å². The van der Waals surface area contributed by atoms with Crippen LogP contribution in [0.2, 0.25) is 0 Å². The molecule has 0 spiro atoms. The summed E-state index contributed by atoms with van der Waals surface area (Å²) >= 11 is 0. The first kappa shape index (κ1) is 16.1. The molecule has 1 amide bonds. The number of aryl methyl sites for hydroxylation is 1. The maximum Gasteiger partial charge on any atom is 0.272 e. The van der Waals surface area contributed by atoms with Crippen molar-refractivity contribution in [2.45, 2.75) is 20.1 Å². The molecule has 8 heteroatoms. The van der Waals surface area contributed by atoms with Gasteiger partial charge in [-0.25, -0.2) is 0 Å². The third-order valence-corrected chi connectivity index (χ3v) is 3.82. The second-order valence-electron chi connectivity index (χ2n) is 5.78. The van der Waals surface area contributed by atoms with E-state index in [1.54, 1.807) is 24.3 Å². The van der Waals surface area contributed by atoms with Crippen LogP contribution in [-0.2, 0) is 13.2 Å². The summed E-state index contributed by atoms with van der Waals surface area (Å²) < 4.78 is 21.7. The van der Waals surface area contributed by atoms with Crippen molar-refractivity contribution in [3.05, 3.63) is 59.3 Å². The van der Waals surface area contributed by atoms with Crippen molar-refractivity contribution >= 4 is 5.91 Å². The van der Waals surface area contributed by atoms with Crippen molar-refractivity contribution in [3.63, 3.8) is 0 Å². The molecule has 0 saturated carbocycles. The highest BCUT2D eigenvalue weighted by Gasteiger charge is 2.15. The lowest BCUT2D eigenvalue weighted by Crippen LogP contribution is -2.22. The van der Waals surface area contributed by atoms with E-state index < -0.39 is 0 Å². The van der Waals surface area contributed by atoms with Crippen molar-refractivity contribution in [3.8, 4) is 17.2 Å². The topological polar surface area (TPSA) is 98.6 Å². The summed E-state index contributed by atoms with van der Waals surface area (Å²) in [5.41, 5.74) is 0.972. The first-order chi connectivity index (χ1) is 12.7. The van der Waals surface area contributed by atoms with Crippen LogP contribution in [0.4, 0.5) is 0 Å². The number of aromatic nitrogens is 2. The Labute approximate surface area is 149 Å². The zero-order chi connectivity index (χ0) is 17.9. The maximum absolute atomic E-state index is 12.1. The van der Waals surface area contributed by atoms with E-state index in [-0.39, 0.29) is 25.0 Å². The minimum atomic E-state index is -0.287. The summed E-state index contributed by atoms with van der Waals surface area (Å²) in [6.45, 7) is 2.63. The number of carbonyl (C=O) groups is 1. The molecule has 26 heavy (non-hydrogen) atoms. The van der Waals surface area contributed by atoms with E-state index in [1.807, 2.05) is 19.1 Å². The molecule has 2 aromatic heterocycles. The Kier molecular flexibility index (Phi) is 4.22. The van der Waals surface area contributed by atoms with Crippen molar-refractivity contribution in [2.24, 2.45) is 0 Å². The lowest BCUT2D eigenvalue weighted by molar-refractivity contribution is 0.0943. The number of ether oxygens (including phenoxy) is 3. The SMILES string of the molecule is Cc1ccc(CNC(=O)c2cc(COc3ccc4c(c3)OCO4)[nH]n2)o1. The van der Waals surface area contributed by atoms with Gasteiger partial charge in [0, 0.05) is 6.07 Å². The quantitative estimate of drug-likeness (QED) is 0.705. The van der Waals surface area contributed by atoms with Gasteiger partial charge < -0.3 is 23.9 Å². The van der Waals surface area contributed by atoms with Gasteiger partial charge in [0.25, 0.3) is 5.91 Å². The highest BCUT2D eigenvalue weighted by molar-refractivity contribution is 5.92. The number of H-pyrrole nitrogens is 1. The molecule has 0 saturated heterocycles. The Bertz CT molecular complexity index is 931. The van der Waals surface area contributed by atoms with E-state index in [4.69, 9.17) is 18.6 Å². The van der Waals surface area contributed by atoms with Crippen LogP contribution < -0.4 is 19.5 Å². The minimum absolute atomic E-state index is 0.218. The second kappa shape index (κ2) is 6.83. The molecule has 1 aliphatic rings. The maximum atomic E-state index is 12.1. The van der Waals surface area contributed by atoms with E-state index in [1.165, 1.54) is 0 Å². The zero-order valence-corrected chi connectivity index (χ0v) is 14.1. The number of furan rings is 1. The third kappa shape index (κ3) is 3.49. The van der Waals surface area contributed by atoms with Crippen LogP contribution in [0.5, 0.6) is 17.2 Å². The average molecular weight is 355 g/mol. The van der Waals surface area contributed by atoms with Crippen LogP contribution in [0.1, 0.15) is 27.7 Å². The van der Waals surface area contributed by atoms with Crippen molar-refractivity contribution < 1.29 is 23.4 Å². The van der Waals surface area contributed by atoms with Gasteiger partial charge in [0.2, 0.25) is 6.79 Å². The molecule has 0 bridgehead atoms. The van der Waals surface area contributed by atoms with Crippen LogP contribution in [0, 0.1) is 6.92 Å². The molecular formula is C18H17N3O5. The molecule has 0 fully saturated rings. The number of nitrogens with zero attached hydrogens (tertiary/aromatic N) is 1. The summed E-state index contributed by atoms with van der Waals surface area (Å²) in [6.07, 6.45) is 0. The predicted molar refractivity (Wildman–Crippen MR) is 90.1 cm³/mol. The molecular weight excluding hydrogens is 338 g/mol. The van der Waals surface area contributed by atoms with Gasteiger partial charge in [-0.3, -0.25) is 9.89 Å². The zero-order valence-electron chi connectivity index (χ0n) is 14.1. The number of rotatable bonds is 6. The van der Waals surface area contributed by atoms with Crippen molar-refractivity contribution in [1.82, 2.24) is 15.5 Å². The van der Waals surface area contributed by atoms with Crippen LogP contribution in [0.3, 0.4) is 0 Å². The number of hydrogen-bond acceptors (Lipinski definition) is 6. The first-order valence-electron chi connectivity index (χ1n) is 8.07. The largest absolute Gasteiger partial charge is 0.487 e. The molecule has 0 unspecified atom stereocenters. The molecule has 1 aliphatic heterocycles. The summed E-state index contributed by atoms with van der Waals surface area (Å²) in [4.78, 5) is 12.1. The fourth-order valence-corrected chi connectivity index (χ4v) is 2.52. The van der Waals surface area contributed by atoms with E-state index in [2.05, 4.69) is 15.5 Å². The summed E-state index contributed by atoms with van der Waals surface area (Å²) in [6, 6.07) is 10.7. The van der Waals surface area contributed by atoms with Gasteiger partial charge in [0.1, 0.15) is 29.6 Å². The smallest absolute Gasteiger partial charge is 0.272 e. The molecule has 8 nitrogen and oxygen atoms in total. The summed E-state index contributed by atoms with van der Waals surface area (Å²) in [5, 5.41) is 9.57. The van der Waals surface area contributed by atoms with E-state index in [0.717, 1.165) is 5.76 Å². The Morgan fingerprint density at radius 1 is 1.23 bits per heavy atom. The Hall–Kier alpha value is -3.42. The second-order valence-corrected chi connectivity index (χ2v) is 5.78. The molecule has 4 rings (SSSR count). The molecule has 0 aliphatic carbocycles. The number of benzene rings is 1. The highest BCUT2D eigenvalue weighted by atomic mass is 16.7. The van der Waals surface area contributed by atoms with Crippen LogP contribution in [-0.4, -0.2) is 22.9 Å². The molecule has 0 atom stereocenters. The van der Waals surface area contributed by atoms with E-state index >= 15 is 0 Å². The molecule has 3 aromatic rings. The van der Waals surface area contributed by atoms with Gasteiger partial charge in [-0.05, 0) is 37.3 Å². The van der Waals surface area contributed by atoms with Crippen LogP contribution in [0.15, 0.2) is 40.8 Å². The highest BCUT2D eigenvalue weighted by Crippen LogP contribution is 2.35. The molecule has 2 N–H and O–H groups in total. The van der Waals surface area contributed by atoms with Gasteiger partial charge in [0.15, 0.2) is 11.5 Å². The predicted octanol–water partition coefficient (Wildman–Crippen LogP) is 2.55. The number of amides is 1.